The number of hydrogen-bond donors (Lipinski definition) is 2. The van der Waals surface area contributed by atoms with Gasteiger partial charge in [-0.1, -0.05) is 0 Å². The lowest BCUT2D eigenvalue weighted by Crippen LogP contribution is -2.50. The smallest absolute Gasteiger partial charge is 0.222 e. The fourth-order valence-corrected chi connectivity index (χ4v) is 1.92. The second-order valence-corrected chi connectivity index (χ2v) is 4.54. The van der Waals surface area contributed by atoms with E-state index >= 15 is 0 Å². The third kappa shape index (κ3) is 5.02. The van der Waals surface area contributed by atoms with Gasteiger partial charge in [0.05, 0.1) is 6.54 Å². The maximum Gasteiger partial charge on any atom is 0.222 e. The number of hydrogen-bond acceptors (Lipinski definition) is 4. The summed E-state index contributed by atoms with van der Waals surface area (Å²) in [6, 6.07) is 0. The molecule has 0 atom stereocenters. The van der Waals surface area contributed by atoms with E-state index in [0.717, 1.165) is 19.3 Å². The molecule has 0 spiro atoms. The largest absolute Gasteiger partial charge is 0.351 e. The lowest BCUT2D eigenvalue weighted by Gasteiger charge is -2.37. The molecule has 0 heterocycles. The third-order valence-corrected chi connectivity index (χ3v) is 3.03. The number of amides is 1. The van der Waals surface area contributed by atoms with Crippen molar-refractivity contribution >= 4 is 5.91 Å². The molecule has 0 bridgehead atoms. The van der Waals surface area contributed by atoms with Crippen LogP contribution in [0.4, 0.5) is 0 Å². The summed E-state index contributed by atoms with van der Waals surface area (Å²) in [6.07, 6.45) is 3.06. The van der Waals surface area contributed by atoms with Gasteiger partial charge in [0.2, 0.25) is 5.91 Å². The van der Waals surface area contributed by atoms with Crippen LogP contribution in [0.25, 0.3) is 0 Å². The lowest BCUT2D eigenvalue weighted by atomic mass is 9.75. The molecule has 3 N–H and O–H groups in total. The Morgan fingerprint density at radius 3 is 2.35 bits per heavy atom. The first kappa shape index (κ1) is 14.4. The minimum absolute atomic E-state index is 0.0170. The van der Waals surface area contributed by atoms with Crippen molar-refractivity contribution in [2.24, 2.45) is 5.73 Å². The number of rotatable bonds is 8. The van der Waals surface area contributed by atoms with Gasteiger partial charge in [-0.3, -0.25) is 4.79 Å². The quantitative estimate of drug-likeness (QED) is 0.619. The van der Waals surface area contributed by atoms with Gasteiger partial charge in [-0.05, 0) is 33.1 Å². The van der Waals surface area contributed by atoms with Crippen LogP contribution < -0.4 is 11.1 Å². The van der Waals surface area contributed by atoms with Crippen molar-refractivity contribution in [2.45, 2.75) is 51.4 Å². The van der Waals surface area contributed by atoms with E-state index in [1.54, 1.807) is 0 Å². The molecule has 1 rings (SSSR count). The van der Waals surface area contributed by atoms with Crippen LogP contribution in [-0.2, 0) is 14.3 Å². The van der Waals surface area contributed by atoms with E-state index in [-0.39, 0.29) is 17.7 Å². The predicted molar refractivity (Wildman–Crippen MR) is 65.4 cm³/mol. The monoisotopic (exact) mass is 244 g/mol. The Morgan fingerprint density at radius 2 is 1.94 bits per heavy atom. The molecule has 1 amide bonds. The fourth-order valence-electron chi connectivity index (χ4n) is 1.92. The van der Waals surface area contributed by atoms with Gasteiger partial charge < -0.3 is 20.5 Å². The van der Waals surface area contributed by atoms with Crippen molar-refractivity contribution in [1.29, 1.82) is 0 Å². The normalized spacial score (nSPS) is 17.9. The molecule has 0 aromatic heterocycles. The average Bonchev–Trinajstić information content (AvgIpc) is 2.24. The van der Waals surface area contributed by atoms with Gasteiger partial charge in [0.15, 0.2) is 6.29 Å². The van der Waals surface area contributed by atoms with Gasteiger partial charge in [0, 0.05) is 25.2 Å². The molecule has 1 aliphatic rings. The van der Waals surface area contributed by atoms with Crippen molar-refractivity contribution in [2.75, 3.05) is 19.8 Å². The Morgan fingerprint density at radius 1 is 1.35 bits per heavy atom. The van der Waals surface area contributed by atoms with Crippen molar-refractivity contribution in [1.82, 2.24) is 5.32 Å². The molecule has 5 heteroatoms. The Kier molecular flexibility index (Phi) is 5.88. The van der Waals surface area contributed by atoms with E-state index in [9.17, 15) is 4.79 Å². The van der Waals surface area contributed by atoms with Gasteiger partial charge in [-0.25, -0.2) is 0 Å². The number of ether oxygens (including phenoxy) is 2. The van der Waals surface area contributed by atoms with Gasteiger partial charge >= 0.3 is 0 Å². The van der Waals surface area contributed by atoms with Gasteiger partial charge in [0.25, 0.3) is 0 Å². The first-order chi connectivity index (χ1) is 8.09. The molecule has 1 fully saturated rings. The molecule has 17 heavy (non-hydrogen) atoms. The van der Waals surface area contributed by atoms with Crippen LogP contribution in [-0.4, -0.2) is 37.5 Å². The number of nitrogens with one attached hydrogen (secondary N) is 1. The highest BCUT2D eigenvalue weighted by molar-refractivity contribution is 5.77. The van der Waals surface area contributed by atoms with Crippen LogP contribution in [0.3, 0.4) is 0 Å². The maximum absolute atomic E-state index is 11.7. The molecular formula is C12H24N2O3. The van der Waals surface area contributed by atoms with Crippen molar-refractivity contribution in [3.63, 3.8) is 0 Å². The van der Waals surface area contributed by atoms with E-state index in [4.69, 9.17) is 15.2 Å². The molecule has 0 aromatic carbocycles. The summed E-state index contributed by atoms with van der Waals surface area (Å²) in [7, 11) is 0. The summed E-state index contributed by atoms with van der Waals surface area (Å²) < 4.78 is 10.7. The summed E-state index contributed by atoms with van der Waals surface area (Å²) in [5.74, 6) is -0.0170. The minimum atomic E-state index is -0.357. The zero-order valence-corrected chi connectivity index (χ0v) is 10.8. The third-order valence-electron chi connectivity index (χ3n) is 3.03. The average molecular weight is 244 g/mol. The van der Waals surface area contributed by atoms with Crippen LogP contribution in [0.1, 0.15) is 39.5 Å². The molecule has 5 nitrogen and oxygen atoms in total. The van der Waals surface area contributed by atoms with E-state index < -0.39 is 0 Å². The zero-order valence-electron chi connectivity index (χ0n) is 10.8. The maximum atomic E-state index is 11.7. The minimum Gasteiger partial charge on any atom is -0.351 e. The van der Waals surface area contributed by atoms with Crippen molar-refractivity contribution < 1.29 is 14.3 Å². The predicted octanol–water partition coefficient (Wildman–Crippen LogP) is 0.773. The second-order valence-electron chi connectivity index (χ2n) is 4.54. The Hall–Kier alpha value is -0.650. The Bertz CT molecular complexity index is 236. The summed E-state index contributed by atoms with van der Waals surface area (Å²) in [6.45, 7) is 5.33. The number of carbonyl (C=O) groups is 1. The topological polar surface area (TPSA) is 73.6 Å². The number of nitrogens with two attached hydrogens (primary N) is 1. The highest BCUT2D eigenvalue weighted by atomic mass is 16.7. The zero-order chi connectivity index (χ0) is 12.7. The van der Waals surface area contributed by atoms with Gasteiger partial charge in [-0.15, -0.1) is 0 Å². The molecule has 0 radical (unpaired) electrons. The molecular weight excluding hydrogens is 220 g/mol. The van der Waals surface area contributed by atoms with Crippen molar-refractivity contribution in [3.05, 3.63) is 0 Å². The SMILES string of the molecule is CCOC(CNC(=O)CC1(N)CCC1)OCC. The molecule has 0 aromatic rings. The van der Waals surface area contributed by atoms with E-state index in [1.165, 1.54) is 0 Å². The first-order valence-electron chi connectivity index (χ1n) is 6.38. The second kappa shape index (κ2) is 6.93. The van der Waals surface area contributed by atoms with Crippen LogP contribution in [0.5, 0.6) is 0 Å². The molecule has 0 aliphatic heterocycles. The van der Waals surface area contributed by atoms with E-state index in [0.29, 0.717) is 26.2 Å². The Balaban J connectivity index is 2.20. The Labute approximate surface area is 103 Å². The standard InChI is InChI=1S/C12H24N2O3/c1-3-16-11(17-4-2)9-14-10(15)8-12(13)6-5-7-12/h11H,3-9,13H2,1-2H3,(H,14,15). The summed E-state index contributed by atoms with van der Waals surface area (Å²) in [5.41, 5.74) is 5.74. The van der Waals surface area contributed by atoms with Crippen LogP contribution in [0, 0.1) is 0 Å². The molecule has 1 saturated carbocycles. The van der Waals surface area contributed by atoms with Crippen molar-refractivity contribution in [3.8, 4) is 0 Å². The first-order valence-corrected chi connectivity index (χ1v) is 6.38. The van der Waals surface area contributed by atoms with E-state index in [2.05, 4.69) is 5.32 Å². The highest BCUT2D eigenvalue weighted by Crippen LogP contribution is 2.31. The lowest BCUT2D eigenvalue weighted by molar-refractivity contribution is -0.141. The molecule has 100 valence electrons. The molecule has 1 aliphatic carbocycles. The van der Waals surface area contributed by atoms with Gasteiger partial charge in [0.1, 0.15) is 0 Å². The summed E-state index contributed by atoms with van der Waals surface area (Å²) in [4.78, 5) is 11.7. The van der Waals surface area contributed by atoms with E-state index in [1.807, 2.05) is 13.8 Å². The van der Waals surface area contributed by atoms with Crippen LogP contribution in [0.2, 0.25) is 0 Å². The van der Waals surface area contributed by atoms with Crippen LogP contribution >= 0.6 is 0 Å². The molecule has 0 unspecified atom stereocenters. The van der Waals surface area contributed by atoms with Crippen LogP contribution in [0.15, 0.2) is 0 Å². The highest BCUT2D eigenvalue weighted by Gasteiger charge is 2.34. The summed E-state index contributed by atoms with van der Waals surface area (Å²) in [5, 5.41) is 2.81. The van der Waals surface area contributed by atoms with Gasteiger partial charge in [-0.2, -0.15) is 0 Å². The number of carbonyl (C=O) groups excluding carboxylic acids is 1. The molecule has 0 saturated heterocycles. The fraction of sp³-hybridized carbons (Fsp3) is 0.917. The summed E-state index contributed by atoms with van der Waals surface area (Å²) >= 11 is 0.